The molecule has 0 saturated heterocycles. The summed E-state index contributed by atoms with van der Waals surface area (Å²) in [6, 6.07) is 20.9. The van der Waals surface area contributed by atoms with Crippen LogP contribution in [0.3, 0.4) is 0 Å². The van der Waals surface area contributed by atoms with Crippen LogP contribution < -0.4 is 16.0 Å². The number of aromatic nitrogens is 2. The van der Waals surface area contributed by atoms with E-state index in [-0.39, 0.29) is 0 Å². The van der Waals surface area contributed by atoms with Crippen LogP contribution in [0.25, 0.3) is 10.9 Å². The lowest BCUT2D eigenvalue weighted by Crippen LogP contribution is -2.12. The quantitative estimate of drug-likeness (QED) is 0.325. The molecule has 0 atom stereocenters. The molecule has 148 valence electrons. The monoisotopic (exact) mass is 385 g/mol. The summed E-state index contributed by atoms with van der Waals surface area (Å²) in [4.78, 5) is 7.73. The van der Waals surface area contributed by atoms with E-state index in [0.717, 1.165) is 48.8 Å². The Bertz CT molecular complexity index is 1050. The standard InChI is InChI=1S/C24H27N5/c1-2-25-17-22-15-21(12-14-27-22)29-20-9-7-19(8-10-20)26-13-11-18-16-28-24-6-4-3-5-23(18)24/h3-10,12,14-16,25-26,28H,2,11,13,17H2,1H3,(H,27,29). The number of nitrogens with zero attached hydrogens (tertiary/aromatic N) is 1. The number of para-hydroxylation sites is 1. The van der Waals surface area contributed by atoms with Gasteiger partial charge in [-0.3, -0.25) is 4.98 Å². The first-order valence-corrected chi connectivity index (χ1v) is 10.1. The second kappa shape index (κ2) is 9.26. The van der Waals surface area contributed by atoms with Crippen LogP contribution in [0.4, 0.5) is 17.1 Å². The second-order valence-electron chi connectivity index (χ2n) is 7.05. The molecular weight excluding hydrogens is 358 g/mol. The predicted molar refractivity (Wildman–Crippen MR) is 122 cm³/mol. The number of nitrogens with one attached hydrogen (secondary N) is 4. The molecule has 0 aliphatic rings. The maximum Gasteiger partial charge on any atom is 0.0562 e. The first kappa shape index (κ1) is 19.0. The molecule has 2 aromatic heterocycles. The highest BCUT2D eigenvalue weighted by molar-refractivity contribution is 5.83. The van der Waals surface area contributed by atoms with Gasteiger partial charge in [0.1, 0.15) is 0 Å². The summed E-state index contributed by atoms with van der Waals surface area (Å²) in [6.07, 6.45) is 4.93. The van der Waals surface area contributed by atoms with Crippen LogP contribution in [-0.4, -0.2) is 23.1 Å². The molecule has 0 bridgehead atoms. The summed E-state index contributed by atoms with van der Waals surface area (Å²) in [7, 11) is 0. The topological polar surface area (TPSA) is 64.8 Å². The minimum atomic E-state index is 0.783. The average molecular weight is 386 g/mol. The highest BCUT2D eigenvalue weighted by Gasteiger charge is 2.03. The molecule has 0 radical (unpaired) electrons. The molecule has 0 amide bonds. The Morgan fingerprint density at radius 1 is 0.931 bits per heavy atom. The number of anilines is 3. The molecule has 5 heteroatoms. The van der Waals surface area contributed by atoms with Crippen molar-refractivity contribution in [3.63, 3.8) is 0 Å². The molecule has 0 aliphatic heterocycles. The number of hydrogen-bond donors (Lipinski definition) is 4. The van der Waals surface area contributed by atoms with Gasteiger partial charge in [-0.15, -0.1) is 0 Å². The maximum atomic E-state index is 4.39. The summed E-state index contributed by atoms with van der Waals surface area (Å²) in [5.74, 6) is 0. The average Bonchev–Trinajstić information content (AvgIpc) is 3.17. The number of benzene rings is 2. The lowest BCUT2D eigenvalue weighted by molar-refractivity contribution is 0.711. The minimum Gasteiger partial charge on any atom is -0.385 e. The van der Waals surface area contributed by atoms with E-state index < -0.39 is 0 Å². The molecule has 0 aliphatic carbocycles. The molecular formula is C24H27N5. The highest BCUT2D eigenvalue weighted by atomic mass is 14.9. The fourth-order valence-corrected chi connectivity index (χ4v) is 3.42. The number of pyridine rings is 1. The minimum absolute atomic E-state index is 0.783. The van der Waals surface area contributed by atoms with Gasteiger partial charge in [-0.05, 0) is 61.0 Å². The predicted octanol–water partition coefficient (Wildman–Crippen LogP) is 5.07. The van der Waals surface area contributed by atoms with Gasteiger partial charge in [0.15, 0.2) is 0 Å². The van der Waals surface area contributed by atoms with Gasteiger partial charge in [-0.25, -0.2) is 0 Å². The Kier molecular flexibility index (Phi) is 6.07. The van der Waals surface area contributed by atoms with Crippen molar-refractivity contribution >= 4 is 28.0 Å². The van der Waals surface area contributed by atoms with E-state index in [2.05, 4.69) is 93.6 Å². The number of aromatic amines is 1. The van der Waals surface area contributed by atoms with Gasteiger partial charge in [0.05, 0.1) is 5.69 Å². The lowest BCUT2D eigenvalue weighted by Gasteiger charge is -2.10. The fraction of sp³-hybridized carbons (Fsp3) is 0.208. The van der Waals surface area contributed by atoms with Gasteiger partial charge >= 0.3 is 0 Å². The van der Waals surface area contributed by atoms with E-state index in [9.17, 15) is 0 Å². The molecule has 2 aromatic carbocycles. The van der Waals surface area contributed by atoms with Crippen LogP contribution >= 0.6 is 0 Å². The molecule has 4 N–H and O–H groups in total. The van der Waals surface area contributed by atoms with E-state index >= 15 is 0 Å². The van der Waals surface area contributed by atoms with Crippen molar-refractivity contribution in [2.75, 3.05) is 23.7 Å². The van der Waals surface area contributed by atoms with Crippen LogP contribution in [0.1, 0.15) is 18.2 Å². The number of rotatable bonds is 9. The Balaban J connectivity index is 1.31. The van der Waals surface area contributed by atoms with E-state index in [1.54, 1.807) is 0 Å². The van der Waals surface area contributed by atoms with Crippen LogP contribution in [0.2, 0.25) is 0 Å². The second-order valence-corrected chi connectivity index (χ2v) is 7.05. The third kappa shape index (κ3) is 4.95. The molecule has 4 aromatic rings. The Hall–Kier alpha value is -3.31. The Labute approximate surface area is 171 Å². The van der Waals surface area contributed by atoms with Crippen molar-refractivity contribution in [1.82, 2.24) is 15.3 Å². The SMILES string of the molecule is CCNCc1cc(Nc2ccc(NCCc3c[nH]c4ccccc34)cc2)ccn1. The Morgan fingerprint density at radius 2 is 1.76 bits per heavy atom. The van der Waals surface area contributed by atoms with Crippen LogP contribution in [0.5, 0.6) is 0 Å². The molecule has 29 heavy (non-hydrogen) atoms. The van der Waals surface area contributed by atoms with Crippen molar-refractivity contribution in [2.24, 2.45) is 0 Å². The zero-order valence-corrected chi connectivity index (χ0v) is 16.7. The molecule has 2 heterocycles. The number of H-pyrrole nitrogens is 1. The van der Waals surface area contributed by atoms with Crippen molar-refractivity contribution < 1.29 is 0 Å². The maximum absolute atomic E-state index is 4.39. The van der Waals surface area contributed by atoms with E-state index in [1.165, 1.54) is 16.5 Å². The van der Waals surface area contributed by atoms with Crippen LogP contribution in [0, 0.1) is 0 Å². The summed E-state index contributed by atoms with van der Waals surface area (Å²) in [5, 5.41) is 11.6. The first-order valence-electron chi connectivity index (χ1n) is 10.1. The highest BCUT2D eigenvalue weighted by Crippen LogP contribution is 2.20. The Morgan fingerprint density at radius 3 is 2.62 bits per heavy atom. The fourth-order valence-electron chi connectivity index (χ4n) is 3.42. The van der Waals surface area contributed by atoms with Gasteiger partial charge in [0.2, 0.25) is 0 Å². The summed E-state index contributed by atoms with van der Waals surface area (Å²) in [5.41, 5.74) is 6.81. The van der Waals surface area contributed by atoms with E-state index in [1.807, 2.05) is 12.3 Å². The molecule has 0 spiro atoms. The van der Waals surface area contributed by atoms with Gasteiger partial charge < -0.3 is 20.9 Å². The molecule has 5 nitrogen and oxygen atoms in total. The van der Waals surface area contributed by atoms with Gasteiger partial charge in [0.25, 0.3) is 0 Å². The summed E-state index contributed by atoms with van der Waals surface area (Å²) in [6.45, 7) is 4.71. The molecule has 0 saturated carbocycles. The molecule has 4 rings (SSSR count). The van der Waals surface area contributed by atoms with Crippen molar-refractivity contribution in [1.29, 1.82) is 0 Å². The molecule has 0 unspecified atom stereocenters. The largest absolute Gasteiger partial charge is 0.385 e. The van der Waals surface area contributed by atoms with E-state index in [4.69, 9.17) is 0 Å². The van der Waals surface area contributed by atoms with Gasteiger partial charge in [0, 0.05) is 53.4 Å². The zero-order chi connectivity index (χ0) is 19.9. The third-order valence-corrected chi connectivity index (χ3v) is 4.94. The van der Waals surface area contributed by atoms with Crippen LogP contribution in [-0.2, 0) is 13.0 Å². The van der Waals surface area contributed by atoms with E-state index in [0.29, 0.717) is 0 Å². The van der Waals surface area contributed by atoms with Crippen molar-refractivity contribution in [2.45, 2.75) is 19.9 Å². The lowest BCUT2D eigenvalue weighted by atomic mass is 10.1. The third-order valence-electron chi connectivity index (χ3n) is 4.94. The van der Waals surface area contributed by atoms with Gasteiger partial charge in [-0.1, -0.05) is 25.1 Å². The number of hydrogen-bond acceptors (Lipinski definition) is 4. The molecule has 0 fully saturated rings. The van der Waals surface area contributed by atoms with Gasteiger partial charge in [-0.2, -0.15) is 0 Å². The van der Waals surface area contributed by atoms with Crippen LogP contribution in [0.15, 0.2) is 73.1 Å². The number of fused-ring (bicyclic) bond motifs is 1. The summed E-state index contributed by atoms with van der Waals surface area (Å²) < 4.78 is 0. The normalized spacial score (nSPS) is 10.9. The smallest absolute Gasteiger partial charge is 0.0562 e. The first-order chi connectivity index (χ1) is 14.3. The van der Waals surface area contributed by atoms with Crippen molar-refractivity contribution in [3.8, 4) is 0 Å². The van der Waals surface area contributed by atoms with Crippen molar-refractivity contribution in [3.05, 3.63) is 84.3 Å². The summed E-state index contributed by atoms with van der Waals surface area (Å²) >= 11 is 0. The zero-order valence-electron chi connectivity index (χ0n) is 16.7.